The topological polar surface area (TPSA) is 93.1 Å². The minimum atomic E-state index is -3.80. The molecule has 23 heavy (non-hydrogen) atoms. The van der Waals surface area contributed by atoms with Gasteiger partial charge in [-0.1, -0.05) is 23.7 Å². The fraction of sp³-hybridized carbons (Fsp3) is 0.286. The molecular weight excluding hydrogens is 340 g/mol. The molecule has 0 saturated carbocycles. The molecule has 9 heteroatoms. The monoisotopic (exact) mass is 356 g/mol. The Kier molecular flexibility index (Phi) is 5.40. The van der Waals surface area contributed by atoms with E-state index in [-0.39, 0.29) is 22.6 Å². The molecule has 2 aromatic rings. The van der Waals surface area contributed by atoms with E-state index < -0.39 is 10.0 Å². The van der Waals surface area contributed by atoms with Crippen molar-refractivity contribution in [3.05, 3.63) is 46.9 Å². The Morgan fingerprint density at radius 2 is 1.96 bits per heavy atom. The van der Waals surface area contributed by atoms with Crippen molar-refractivity contribution in [3.63, 3.8) is 0 Å². The Hall–Kier alpha value is -1.90. The molecule has 0 atom stereocenters. The molecule has 0 aliphatic rings. The maximum Gasteiger partial charge on any atom is 0.261 e. The molecule has 1 aromatic heterocycles. The maximum atomic E-state index is 12.2. The van der Waals surface area contributed by atoms with Crippen LogP contribution in [0.3, 0.4) is 0 Å². The van der Waals surface area contributed by atoms with Crippen molar-refractivity contribution in [1.29, 1.82) is 0 Å². The van der Waals surface area contributed by atoms with Crippen molar-refractivity contribution in [1.82, 2.24) is 19.6 Å². The molecule has 1 amide bonds. The number of nitrogens with one attached hydrogen (secondary N) is 2. The summed E-state index contributed by atoms with van der Waals surface area (Å²) in [4.78, 5) is 15.4. The zero-order valence-electron chi connectivity index (χ0n) is 12.7. The largest absolute Gasteiger partial charge is 0.352 e. The summed E-state index contributed by atoms with van der Waals surface area (Å²) in [6, 6.07) is 6.66. The van der Waals surface area contributed by atoms with Gasteiger partial charge in [-0.25, -0.2) is 18.1 Å². The number of benzene rings is 1. The van der Waals surface area contributed by atoms with Crippen LogP contribution in [0.25, 0.3) is 0 Å². The summed E-state index contributed by atoms with van der Waals surface area (Å²) in [5.41, 5.74) is 1.24. The molecule has 0 radical (unpaired) electrons. The van der Waals surface area contributed by atoms with Crippen LogP contribution >= 0.6 is 11.6 Å². The average Bonchev–Trinajstić information content (AvgIpc) is 2.86. The van der Waals surface area contributed by atoms with Crippen molar-refractivity contribution in [3.8, 4) is 0 Å². The first-order valence-electron chi connectivity index (χ1n) is 6.88. The number of amides is 1. The Labute approximate surface area is 139 Å². The molecule has 0 saturated heterocycles. The van der Waals surface area contributed by atoms with Gasteiger partial charge in [0, 0.05) is 25.7 Å². The number of hydrogen-bond acceptors (Lipinski definition) is 4. The number of aryl methyl sites for hydroxylation is 1. The van der Waals surface area contributed by atoms with Gasteiger partial charge in [-0.15, -0.1) is 0 Å². The van der Waals surface area contributed by atoms with Crippen LogP contribution in [0, 0.1) is 0 Å². The molecule has 1 aromatic carbocycles. The second-order valence-corrected chi connectivity index (χ2v) is 6.87. The number of imidazole rings is 1. The van der Waals surface area contributed by atoms with Crippen LogP contribution in [0.2, 0.25) is 5.15 Å². The molecule has 2 N–H and O–H groups in total. The Balaban J connectivity index is 2.06. The summed E-state index contributed by atoms with van der Waals surface area (Å²) < 4.78 is 28.2. The Bertz CT molecular complexity index is 800. The van der Waals surface area contributed by atoms with E-state index >= 15 is 0 Å². The standard InChI is InChI=1S/C14H17ClN4O3S/c1-3-16-13(20)11-6-4-10(5-7-11)8-18-23(21,22)14-12(15)19(2)9-17-14/h4-7,9,18H,3,8H2,1-2H3,(H,16,20). The van der Waals surface area contributed by atoms with Gasteiger partial charge in [0.25, 0.3) is 15.9 Å². The van der Waals surface area contributed by atoms with E-state index in [1.165, 1.54) is 10.9 Å². The normalized spacial score (nSPS) is 11.4. The van der Waals surface area contributed by atoms with Gasteiger partial charge >= 0.3 is 0 Å². The number of aromatic nitrogens is 2. The van der Waals surface area contributed by atoms with Crippen LogP contribution in [-0.2, 0) is 23.6 Å². The number of carbonyl (C=O) groups excluding carboxylic acids is 1. The highest BCUT2D eigenvalue weighted by Crippen LogP contribution is 2.18. The summed E-state index contributed by atoms with van der Waals surface area (Å²) in [7, 11) is -2.19. The van der Waals surface area contributed by atoms with Crippen molar-refractivity contribution >= 4 is 27.5 Å². The maximum absolute atomic E-state index is 12.2. The summed E-state index contributed by atoms with van der Waals surface area (Å²) in [6.07, 6.45) is 1.33. The van der Waals surface area contributed by atoms with Crippen molar-refractivity contribution in [2.75, 3.05) is 6.54 Å². The first-order chi connectivity index (χ1) is 10.8. The highest BCUT2D eigenvalue weighted by molar-refractivity contribution is 7.89. The fourth-order valence-electron chi connectivity index (χ4n) is 1.86. The lowest BCUT2D eigenvalue weighted by Gasteiger charge is -2.07. The quantitative estimate of drug-likeness (QED) is 0.815. The number of sulfonamides is 1. The van der Waals surface area contributed by atoms with Gasteiger partial charge < -0.3 is 9.88 Å². The lowest BCUT2D eigenvalue weighted by atomic mass is 10.1. The molecule has 0 unspecified atom stereocenters. The van der Waals surface area contributed by atoms with Gasteiger partial charge in [-0.3, -0.25) is 4.79 Å². The lowest BCUT2D eigenvalue weighted by molar-refractivity contribution is 0.0956. The number of carbonyl (C=O) groups is 1. The fourth-order valence-corrected chi connectivity index (χ4v) is 3.30. The van der Waals surface area contributed by atoms with Gasteiger partial charge in [0.1, 0.15) is 5.15 Å². The molecule has 7 nitrogen and oxygen atoms in total. The van der Waals surface area contributed by atoms with Crippen LogP contribution in [-0.4, -0.2) is 30.4 Å². The molecule has 0 aliphatic carbocycles. The average molecular weight is 357 g/mol. The molecule has 0 fully saturated rings. The molecular formula is C14H17ClN4O3S. The summed E-state index contributed by atoms with van der Waals surface area (Å²) in [5, 5.41) is 2.53. The summed E-state index contributed by atoms with van der Waals surface area (Å²) in [5.74, 6) is -0.167. The van der Waals surface area contributed by atoms with E-state index in [1.807, 2.05) is 6.92 Å². The minimum absolute atomic E-state index is 0.0454. The Morgan fingerprint density at radius 1 is 1.30 bits per heavy atom. The van der Waals surface area contributed by atoms with Crippen LogP contribution in [0.4, 0.5) is 0 Å². The van der Waals surface area contributed by atoms with Gasteiger partial charge in [0.05, 0.1) is 6.33 Å². The summed E-state index contributed by atoms with van der Waals surface area (Å²) in [6.45, 7) is 2.46. The summed E-state index contributed by atoms with van der Waals surface area (Å²) >= 11 is 5.90. The third-order valence-corrected chi connectivity index (χ3v) is 5.00. The second-order valence-electron chi connectivity index (χ2n) is 4.83. The van der Waals surface area contributed by atoms with Crippen LogP contribution in [0.1, 0.15) is 22.8 Å². The van der Waals surface area contributed by atoms with Crippen LogP contribution in [0.15, 0.2) is 35.6 Å². The molecule has 124 valence electrons. The van der Waals surface area contributed by atoms with E-state index in [0.717, 1.165) is 0 Å². The van der Waals surface area contributed by atoms with Gasteiger partial charge in [-0.05, 0) is 24.6 Å². The molecule has 2 rings (SSSR count). The van der Waals surface area contributed by atoms with E-state index in [4.69, 9.17) is 11.6 Å². The van der Waals surface area contributed by atoms with E-state index in [0.29, 0.717) is 17.7 Å². The van der Waals surface area contributed by atoms with Crippen molar-refractivity contribution in [2.24, 2.45) is 7.05 Å². The number of hydrogen-bond donors (Lipinski definition) is 2. The van der Waals surface area contributed by atoms with Gasteiger partial charge in [-0.2, -0.15) is 0 Å². The smallest absolute Gasteiger partial charge is 0.261 e. The van der Waals surface area contributed by atoms with Crippen LogP contribution < -0.4 is 10.0 Å². The minimum Gasteiger partial charge on any atom is -0.352 e. The number of halogens is 1. The van der Waals surface area contributed by atoms with Gasteiger partial charge in [0.2, 0.25) is 5.03 Å². The van der Waals surface area contributed by atoms with Gasteiger partial charge in [0.15, 0.2) is 0 Å². The highest BCUT2D eigenvalue weighted by Gasteiger charge is 2.21. The van der Waals surface area contributed by atoms with Crippen molar-refractivity contribution < 1.29 is 13.2 Å². The molecule has 1 heterocycles. The second kappa shape index (κ2) is 7.12. The highest BCUT2D eigenvalue weighted by atomic mass is 35.5. The van der Waals surface area contributed by atoms with E-state index in [2.05, 4.69) is 15.0 Å². The predicted molar refractivity (Wildman–Crippen MR) is 86.7 cm³/mol. The Morgan fingerprint density at radius 3 is 2.48 bits per heavy atom. The third-order valence-electron chi connectivity index (χ3n) is 3.11. The SMILES string of the molecule is CCNC(=O)c1ccc(CNS(=O)(=O)c2ncn(C)c2Cl)cc1. The predicted octanol–water partition coefficient (Wildman–Crippen LogP) is 1.30. The lowest BCUT2D eigenvalue weighted by Crippen LogP contribution is -2.24. The first kappa shape index (κ1) is 17.5. The first-order valence-corrected chi connectivity index (χ1v) is 8.75. The van der Waals surface area contributed by atoms with E-state index in [9.17, 15) is 13.2 Å². The molecule has 0 bridgehead atoms. The number of rotatable bonds is 6. The van der Waals surface area contributed by atoms with Crippen molar-refractivity contribution in [2.45, 2.75) is 18.5 Å². The van der Waals surface area contributed by atoms with Crippen LogP contribution in [0.5, 0.6) is 0 Å². The zero-order valence-corrected chi connectivity index (χ0v) is 14.3. The van der Waals surface area contributed by atoms with E-state index in [1.54, 1.807) is 31.3 Å². The third kappa shape index (κ3) is 4.10. The number of nitrogens with zero attached hydrogens (tertiary/aromatic N) is 2. The molecule has 0 aliphatic heterocycles. The zero-order chi connectivity index (χ0) is 17.0. The molecule has 0 spiro atoms.